The fourth-order valence-corrected chi connectivity index (χ4v) is 10.7. The predicted octanol–water partition coefficient (Wildman–Crippen LogP) is 21.8. The van der Waals surface area contributed by atoms with Gasteiger partial charge in [-0.1, -0.05) is 334 Å². The molecular formula is C69H133NO5. The van der Waals surface area contributed by atoms with Gasteiger partial charge >= 0.3 is 5.97 Å². The van der Waals surface area contributed by atoms with Gasteiger partial charge in [-0.2, -0.15) is 0 Å². The molecule has 0 rings (SSSR count). The monoisotopic (exact) mass is 1060 g/mol. The normalized spacial score (nSPS) is 12.6. The average Bonchev–Trinajstić information content (AvgIpc) is 3.41. The smallest absolute Gasteiger partial charge is 0.305 e. The first-order valence-corrected chi connectivity index (χ1v) is 34.1. The van der Waals surface area contributed by atoms with E-state index in [1.807, 2.05) is 6.08 Å². The third kappa shape index (κ3) is 61.4. The summed E-state index contributed by atoms with van der Waals surface area (Å²) in [6.45, 7) is 4.93. The highest BCUT2D eigenvalue weighted by Gasteiger charge is 2.18. The van der Waals surface area contributed by atoms with Gasteiger partial charge in [0.15, 0.2) is 0 Å². The van der Waals surface area contributed by atoms with E-state index in [0.717, 1.165) is 38.5 Å². The maximum Gasteiger partial charge on any atom is 0.305 e. The second-order valence-corrected chi connectivity index (χ2v) is 23.5. The molecule has 0 aromatic rings. The lowest BCUT2D eigenvalue weighted by molar-refractivity contribution is -0.143. The standard InChI is InChI=1S/C69H133NO5/c1-3-5-7-9-11-13-15-17-18-35-39-43-47-51-55-59-63-69(74)75-64-60-56-52-48-44-40-36-33-31-29-27-25-23-21-19-20-22-24-26-28-30-32-34-38-42-46-50-54-58-62-68(73)70-66(65-71)67(72)61-57-53-49-45-41-37-16-14-12-10-8-6-4-2/h19,21,57,61,66-67,71-72H,3-18,20,22-56,58-60,62-65H2,1-2H3,(H,70,73)/b21-19-,61-57+. The van der Waals surface area contributed by atoms with Crippen molar-refractivity contribution in [3.8, 4) is 0 Å². The van der Waals surface area contributed by atoms with Crippen LogP contribution >= 0.6 is 0 Å². The Morgan fingerprint density at radius 2 is 0.627 bits per heavy atom. The third-order valence-electron chi connectivity index (χ3n) is 16.0. The van der Waals surface area contributed by atoms with Crippen molar-refractivity contribution in [1.82, 2.24) is 5.32 Å². The van der Waals surface area contributed by atoms with Gasteiger partial charge in [0.25, 0.3) is 0 Å². The number of hydrogen-bond acceptors (Lipinski definition) is 5. The number of unbranched alkanes of at least 4 members (excludes halogenated alkanes) is 51. The summed E-state index contributed by atoms with van der Waals surface area (Å²) in [6, 6.07) is -0.626. The van der Waals surface area contributed by atoms with Crippen molar-refractivity contribution in [2.24, 2.45) is 0 Å². The Morgan fingerprint density at radius 3 is 0.947 bits per heavy atom. The molecule has 0 saturated heterocycles. The summed E-state index contributed by atoms with van der Waals surface area (Å²) in [5.74, 6) is -0.0457. The molecule has 3 N–H and O–H groups in total. The lowest BCUT2D eigenvalue weighted by Crippen LogP contribution is -2.45. The largest absolute Gasteiger partial charge is 0.466 e. The van der Waals surface area contributed by atoms with Crippen LogP contribution in [0.2, 0.25) is 0 Å². The highest BCUT2D eigenvalue weighted by atomic mass is 16.5. The maximum absolute atomic E-state index is 12.5. The van der Waals surface area contributed by atoms with Gasteiger partial charge in [-0.05, 0) is 57.8 Å². The topological polar surface area (TPSA) is 95.9 Å². The van der Waals surface area contributed by atoms with Crippen LogP contribution in [-0.2, 0) is 14.3 Å². The number of hydrogen-bond donors (Lipinski definition) is 3. The van der Waals surface area contributed by atoms with Crippen LogP contribution in [0.15, 0.2) is 24.3 Å². The van der Waals surface area contributed by atoms with Crippen LogP contribution < -0.4 is 5.32 Å². The fraction of sp³-hybridized carbons (Fsp3) is 0.913. The molecule has 444 valence electrons. The number of aliphatic hydroxyl groups is 2. The molecule has 0 aromatic carbocycles. The zero-order chi connectivity index (χ0) is 54.3. The van der Waals surface area contributed by atoms with Crippen molar-refractivity contribution in [2.75, 3.05) is 13.2 Å². The zero-order valence-electron chi connectivity index (χ0n) is 50.8. The van der Waals surface area contributed by atoms with E-state index in [0.29, 0.717) is 19.4 Å². The van der Waals surface area contributed by atoms with E-state index >= 15 is 0 Å². The van der Waals surface area contributed by atoms with Crippen LogP contribution in [0.4, 0.5) is 0 Å². The van der Waals surface area contributed by atoms with E-state index in [2.05, 4.69) is 31.3 Å². The lowest BCUT2D eigenvalue weighted by atomic mass is 10.0. The van der Waals surface area contributed by atoms with Gasteiger partial charge in [-0.3, -0.25) is 9.59 Å². The molecule has 0 heterocycles. The molecule has 6 heteroatoms. The molecule has 2 atom stereocenters. The third-order valence-corrected chi connectivity index (χ3v) is 16.0. The second kappa shape index (κ2) is 64.9. The van der Waals surface area contributed by atoms with Gasteiger partial charge in [-0.25, -0.2) is 0 Å². The van der Waals surface area contributed by atoms with E-state index in [1.165, 1.54) is 315 Å². The molecule has 0 spiro atoms. The molecule has 0 aliphatic rings. The Hall–Kier alpha value is -1.66. The SMILES string of the molecule is CCCCCCCCCCCCC/C=C/C(O)C(CO)NC(=O)CCCCCCCCCCCCCCC/C=C\CCCCCCCCCCCCCCOC(=O)CCCCCCCCCCCCCCCCCC. The first-order chi connectivity index (χ1) is 37.0. The summed E-state index contributed by atoms with van der Waals surface area (Å²) in [5, 5.41) is 23.1. The van der Waals surface area contributed by atoms with E-state index in [9.17, 15) is 19.8 Å². The fourth-order valence-electron chi connectivity index (χ4n) is 10.7. The van der Waals surface area contributed by atoms with Crippen LogP contribution in [0, 0.1) is 0 Å². The highest BCUT2D eigenvalue weighted by molar-refractivity contribution is 5.76. The minimum atomic E-state index is -0.843. The molecule has 0 fully saturated rings. The molecule has 0 saturated carbocycles. The van der Waals surface area contributed by atoms with Gasteiger partial charge < -0.3 is 20.3 Å². The van der Waals surface area contributed by atoms with Gasteiger partial charge in [0.05, 0.1) is 25.4 Å². The number of ether oxygens (including phenoxy) is 1. The van der Waals surface area contributed by atoms with E-state index < -0.39 is 12.1 Å². The minimum Gasteiger partial charge on any atom is -0.466 e. The Bertz CT molecular complexity index is 1170. The predicted molar refractivity (Wildman–Crippen MR) is 329 cm³/mol. The summed E-state index contributed by atoms with van der Waals surface area (Å²) >= 11 is 0. The molecule has 0 aliphatic carbocycles. The number of carbonyl (C=O) groups is 2. The number of nitrogens with one attached hydrogen (secondary N) is 1. The van der Waals surface area contributed by atoms with Crippen LogP contribution in [0.5, 0.6) is 0 Å². The number of amides is 1. The number of carbonyl (C=O) groups excluding carboxylic acids is 2. The van der Waals surface area contributed by atoms with Crippen molar-refractivity contribution < 1.29 is 24.5 Å². The molecule has 0 aromatic heterocycles. The Kier molecular flexibility index (Phi) is 63.4. The Labute approximate surface area is 469 Å². The summed E-state index contributed by atoms with van der Waals surface area (Å²) in [7, 11) is 0. The summed E-state index contributed by atoms with van der Waals surface area (Å²) in [5.41, 5.74) is 0. The summed E-state index contributed by atoms with van der Waals surface area (Å²) < 4.78 is 5.50. The van der Waals surface area contributed by atoms with E-state index in [-0.39, 0.29) is 18.5 Å². The van der Waals surface area contributed by atoms with Crippen molar-refractivity contribution in [3.63, 3.8) is 0 Å². The average molecular weight is 1060 g/mol. The van der Waals surface area contributed by atoms with Gasteiger partial charge in [-0.15, -0.1) is 0 Å². The van der Waals surface area contributed by atoms with Crippen LogP contribution in [0.3, 0.4) is 0 Å². The van der Waals surface area contributed by atoms with Crippen LogP contribution in [-0.4, -0.2) is 47.4 Å². The molecule has 75 heavy (non-hydrogen) atoms. The van der Waals surface area contributed by atoms with Crippen molar-refractivity contribution in [2.45, 2.75) is 392 Å². The first-order valence-electron chi connectivity index (χ1n) is 34.1. The molecule has 1 amide bonds. The zero-order valence-corrected chi connectivity index (χ0v) is 50.8. The molecule has 6 nitrogen and oxygen atoms in total. The Balaban J connectivity index is 3.36. The van der Waals surface area contributed by atoms with Crippen molar-refractivity contribution >= 4 is 11.9 Å². The van der Waals surface area contributed by atoms with E-state index in [4.69, 9.17) is 4.74 Å². The van der Waals surface area contributed by atoms with E-state index in [1.54, 1.807) is 6.08 Å². The molecule has 2 unspecified atom stereocenters. The lowest BCUT2D eigenvalue weighted by Gasteiger charge is -2.20. The number of rotatable bonds is 64. The molecule has 0 radical (unpaired) electrons. The number of allylic oxidation sites excluding steroid dienone is 3. The summed E-state index contributed by atoms with van der Waals surface area (Å²) in [4.78, 5) is 24.5. The second-order valence-electron chi connectivity index (χ2n) is 23.5. The first kappa shape index (κ1) is 73.3. The number of aliphatic hydroxyl groups excluding tert-OH is 2. The number of esters is 1. The maximum atomic E-state index is 12.5. The van der Waals surface area contributed by atoms with Crippen molar-refractivity contribution in [1.29, 1.82) is 0 Å². The Morgan fingerprint density at radius 1 is 0.360 bits per heavy atom. The minimum absolute atomic E-state index is 0.0201. The highest BCUT2D eigenvalue weighted by Crippen LogP contribution is 2.18. The molecular weight excluding hydrogens is 923 g/mol. The van der Waals surface area contributed by atoms with Crippen molar-refractivity contribution in [3.05, 3.63) is 24.3 Å². The quantitative estimate of drug-likeness (QED) is 0.0320. The van der Waals surface area contributed by atoms with Gasteiger partial charge in [0.2, 0.25) is 5.91 Å². The molecule has 0 aliphatic heterocycles. The van der Waals surface area contributed by atoms with Gasteiger partial charge in [0.1, 0.15) is 0 Å². The van der Waals surface area contributed by atoms with Crippen LogP contribution in [0.1, 0.15) is 380 Å². The summed E-state index contributed by atoms with van der Waals surface area (Å²) in [6.07, 6.45) is 81.1. The van der Waals surface area contributed by atoms with Gasteiger partial charge in [0, 0.05) is 12.8 Å². The van der Waals surface area contributed by atoms with Crippen LogP contribution in [0.25, 0.3) is 0 Å². The molecule has 0 bridgehead atoms.